The Morgan fingerprint density at radius 3 is 2.47 bits per heavy atom. The summed E-state index contributed by atoms with van der Waals surface area (Å²) in [6, 6.07) is 7.95. The highest BCUT2D eigenvalue weighted by Crippen LogP contribution is 2.36. The Labute approximate surface area is 175 Å². The third kappa shape index (κ3) is 6.82. The lowest BCUT2D eigenvalue weighted by Crippen LogP contribution is -2.15. The largest absolute Gasteiger partial charge is 0.504 e. The Bertz CT molecular complexity index is 854. The molecule has 0 aliphatic carbocycles. The Kier molecular flexibility index (Phi) is 8.76. The molecule has 8 heteroatoms. The number of aliphatic hydroxyl groups is 1. The third-order valence-electron chi connectivity index (χ3n) is 4.65. The van der Waals surface area contributed by atoms with Gasteiger partial charge in [0.15, 0.2) is 23.0 Å². The van der Waals surface area contributed by atoms with Crippen LogP contribution in [-0.2, 0) is 17.6 Å². The minimum absolute atomic E-state index is 0.0302. The van der Waals surface area contributed by atoms with Crippen LogP contribution < -0.4 is 14.8 Å². The van der Waals surface area contributed by atoms with Gasteiger partial charge < -0.3 is 29.9 Å². The third-order valence-corrected chi connectivity index (χ3v) is 4.65. The van der Waals surface area contributed by atoms with Gasteiger partial charge in [-0.15, -0.1) is 0 Å². The van der Waals surface area contributed by atoms with E-state index in [0.29, 0.717) is 30.6 Å². The zero-order chi connectivity index (χ0) is 22.1. The van der Waals surface area contributed by atoms with Crippen LogP contribution in [0.5, 0.6) is 28.7 Å². The van der Waals surface area contributed by atoms with Crippen molar-refractivity contribution >= 4 is 5.78 Å². The van der Waals surface area contributed by atoms with E-state index in [9.17, 15) is 25.2 Å². The number of nitrogens with one attached hydrogen (secondary N) is 1. The highest BCUT2D eigenvalue weighted by Gasteiger charge is 2.14. The van der Waals surface area contributed by atoms with Crippen LogP contribution >= 0.6 is 0 Å². The van der Waals surface area contributed by atoms with Gasteiger partial charge in [-0.1, -0.05) is 6.07 Å². The second-order valence-corrected chi connectivity index (χ2v) is 7.05. The van der Waals surface area contributed by atoms with E-state index in [4.69, 9.17) is 9.47 Å². The van der Waals surface area contributed by atoms with Crippen molar-refractivity contribution in [1.29, 1.82) is 0 Å². The predicted molar refractivity (Wildman–Crippen MR) is 111 cm³/mol. The van der Waals surface area contributed by atoms with Gasteiger partial charge in [0.2, 0.25) is 5.75 Å². The van der Waals surface area contributed by atoms with Crippen LogP contribution in [-0.4, -0.2) is 53.2 Å². The number of carbonyl (C=O) groups excluding carboxylic acids is 1. The molecule has 0 amide bonds. The van der Waals surface area contributed by atoms with Crippen molar-refractivity contribution < 1.29 is 34.7 Å². The number of ketones is 1. The number of phenols is 3. The van der Waals surface area contributed by atoms with Gasteiger partial charge in [-0.3, -0.25) is 10.1 Å². The van der Waals surface area contributed by atoms with E-state index in [1.807, 2.05) is 0 Å². The van der Waals surface area contributed by atoms with Crippen LogP contribution in [0.2, 0.25) is 0 Å². The minimum Gasteiger partial charge on any atom is -0.504 e. The van der Waals surface area contributed by atoms with Gasteiger partial charge in [0.05, 0.1) is 13.2 Å². The SMILES string of the molecule is CNCOc1cc(CCC(=O)C[C@H](O)CCc2cc(O)c(O)c(OC)c2)ccc1O. The molecule has 30 heavy (non-hydrogen) atoms. The average Bonchev–Trinajstić information content (AvgIpc) is 2.72. The van der Waals surface area contributed by atoms with Crippen molar-refractivity contribution in [3.63, 3.8) is 0 Å². The van der Waals surface area contributed by atoms with Crippen molar-refractivity contribution in [2.45, 2.75) is 38.2 Å². The summed E-state index contributed by atoms with van der Waals surface area (Å²) >= 11 is 0. The van der Waals surface area contributed by atoms with Crippen LogP contribution in [0.4, 0.5) is 0 Å². The molecule has 8 nitrogen and oxygen atoms in total. The second-order valence-electron chi connectivity index (χ2n) is 7.05. The lowest BCUT2D eigenvalue weighted by atomic mass is 9.99. The zero-order valence-corrected chi connectivity index (χ0v) is 17.2. The van der Waals surface area contributed by atoms with Crippen LogP contribution in [0.15, 0.2) is 30.3 Å². The van der Waals surface area contributed by atoms with E-state index >= 15 is 0 Å². The lowest BCUT2D eigenvalue weighted by molar-refractivity contribution is -0.121. The molecule has 0 spiro atoms. The molecule has 0 aliphatic rings. The van der Waals surface area contributed by atoms with Gasteiger partial charge in [0, 0.05) is 12.8 Å². The highest BCUT2D eigenvalue weighted by atomic mass is 16.5. The minimum atomic E-state index is -0.811. The first kappa shape index (κ1) is 23.3. The van der Waals surface area contributed by atoms with Gasteiger partial charge >= 0.3 is 0 Å². The number of benzene rings is 2. The number of ether oxygens (including phenoxy) is 2. The van der Waals surface area contributed by atoms with Gasteiger partial charge in [0.25, 0.3) is 0 Å². The molecule has 0 aliphatic heterocycles. The fourth-order valence-corrected chi connectivity index (χ4v) is 3.01. The molecule has 0 radical (unpaired) electrons. The topological polar surface area (TPSA) is 128 Å². The molecule has 2 aromatic carbocycles. The van der Waals surface area contributed by atoms with E-state index in [0.717, 1.165) is 5.56 Å². The van der Waals surface area contributed by atoms with Crippen molar-refractivity contribution in [3.05, 3.63) is 41.5 Å². The average molecular weight is 419 g/mol. The molecule has 0 aromatic heterocycles. The lowest BCUT2D eigenvalue weighted by Gasteiger charge is -2.12. The number of phenolic OH excluding ortho intramolecular Hbond substituents is 3. The molecule has 0 fully saturated rings. The maximum absolute atomic E-state index is 12.2. The quantitative estimate of drug-likeness (QED) is 0.262. The number of hydrogen-bond donors (Lipinski definition) is 5. The fourth-order valence-electron chi connectivity index (χ4n) is 3.01. The standard InChI is InChI=1S/C22H29NO7/c1-23-13-30-20-10-14(5-8-18(20)26)3-6-16(24)12-17(25)7-4-15-9-19(27)22(28)21(11-15)29-2/h5,8-11,17,23,25-28H,3-4,6-7,12-13H2,1-2H3/t17-/m1/s1. The molecule has 5 N–H and O–H groups in total. The normalized spacial score (nSPS) is 11.8. The van der Waals surface area contributed by atoms with E-state index in [-0.39, 0.29) is 48.4 Å². The molecule has 0 saturated heterocycles. The molecule has 2 rings (SSSR count). The molecule has 1 atom stereocenters. The van der Waals surface area contributed by atoms with Gasteiger partial charge in [-0.2, -0.15) is 0 Å². The number of Topliss-reactive ketones (excluding diaryl/α,β-unsaturated/α-hetero) is 1. The van der Waals surface area contributed by atoms with E-state index in [1.54, 1.807) is 25.2 Å². The number of rotatable bonds is 12. The Morgan fingerprint density at radius 2 is 1.77 bits per heavy atom. The molecule has 2 aromatic rings. The van der Waals surface area contributed by atoms with Crippen molar-refractivity contribution in [3.8, 4) is 28.7 Å². The summed E-state index contributed by atoms with van der Waals surface area (Å²) in [5, 5.41) is 42.2. The van der Waals surface area contributed by atoms with E-state index in [2.05, 4.69) is 5.32 Å². The highest BCUT2D eigenvalue weighted by molar-refractivity contribution is 5.79. The summed E-state index contributed by atoms with van der Waals surface area (Å²) in [7, 11) is 3.11. The summed E-state index contributed by atoms with van der Waals surface area (Å²) in [6.45, 7) is 0.257. The second kappa shape index (κ2) is 11.3. The van der Waals surface area contributed by atoms with Gasteiger partial charge in [-0.05, 0) is 61.7 Å². The van der Waals surface area contributed by atoms with Gasteiger partial charge in [-0.25, -0.2) is 0 Å². The molecule has 164 valence electrons. The number of carbonyl (C=O) groups is 1. The number of aromatic hydroxyl groups is 3. The molecule has 0 heterocycles. The first-order chi connectivity index (χ1) is 14.3. The van der Waals surface area contributed by atoms with Crippen LogP contribution in [0, 0.1) is 0 Å². The smallest absolute Gasteiger partial charge is 0.200 e. The number of aliphatic hydroxyl groups excluding tert-OH is 1. The summed E-state index contributed by atoms with van der Waals surface area (Å²) < 4.78 is 10.4. The monoisotopic (exact) mass is 419 g/mol. The number of aryl methyl sites for hydroxylation is 2. The maximum atomic E-state index is 12.2. The van der Waals surface area contributed by atoms with Crippen molar-refractivity contribution in [1.82, 2.24) is 5.32 Å². The molecule has 0 bridgehead atoms. The zero-order valence-electron chi connectivity index (χ0n) is 17.2. The van der Waals surface area contributed by atoms with E-state index < -0.39 is 6.10 Å². The fraction of sp³-hybridized carbons (Fsp3) is 0.409. The predicted octanol–water partition coefficient (Wildman–Crippen LogP) is 2.25. The van der Waals surface area contributed by atoms with Gasteiger partial charge in [0.1, 0.15) is 12.5 Å². The van der Waals surface area contributed by atoms with Crippen LogP contribution in [0.3, 0.4) is 0 Å². The Balaban J connectivity index is 1.82. The van der Waals surface area contributed by atoms with Crippen molar-refractivity contribution in [2.24, 2.45) is 0 Å². The van der Waals surface area contributed by atoms with Crippen LogP contribution in [0.1, 0.15) is 30.4 Å². The Hall–Kier alpha value is -2.97. The molecule has 0 saturated carbocycles. The number of methoxy groups -OCH3 is 1. The molecular weight excluding hydrogens is 390 g/mol. The first-order valence-corrected chi connectivity index (χ1v) is 9.72. The summed E-state index contributed by atoms with van der Waals surface area (Å²) in [4.78, 5) is 12.2. The molecular formula is C22H29NO7. The summed E-state index contributed by atoms with van der Waals surface area (Å²) in [5.74, 6) is -0.149. The summed E-state index contributed by atoms with van der Waals surface area (Å²) in [5.41, 5.74) is 1.54. The van der Waals surface area contributed by atoms with E-state index in [1.165, 1.54) is 19.2 Å². The maximum Gasteiger partial charge on any atom is 0.200 e. The Morgan fingerprint density at radius 1 is 1.03 bits per heavy atom. The van der Waals surface area contributed by atoms with Crippen LogP contribution in [0.25, 0.3) is 0 Å². The molecule has 0 unspecified atom stereocenters. The number of hydrogen-bond acceptors (Lipinski definition) is 8. The first-order valence-electron chi connectivity index (χ1n) is 9.72. The van der Waals surface area contributed by atoms with Crippen molar-refractivity contribution in [2.75, 3.05) is 20.9 Å². The summed E-state index contributed by atoms with van der Waals surface area (Å²) in [6.07, 6.45) is 0.714.